The summed E-state index contributed by atoms with van der Waals surface area (Å²) in [4.78, 5) is 0. The molecule has 1 unspecified atom stereocenters. The van der Waals surface area contributed by atoms with E-state index in [0.717, 1.165) is 43.4 Å². The van der Waals surface area contributed by atoms with Crippen LogP contribution >= 0.6 is 0 Å². The van der Waals surface area contributed by atoms with Crippen LogP contribution in [0.5, 0.6) is 0 Å². The molecule has 0 N–H and O–H groups in total. The quantitative estimate of drug-likeness (QED) is 0.523. The fraction of sp³-hybridized carbons (Fsp3) is 0.680. The number of aryl methyl sites for hydroxylation is 1. The highest BCUT2D eigenvalue weighted by atomic mass is 19.2. The van der Waals surface area contributed by atoms with Crippen LogP contribution in [0.15, 0.2) is 24.0 Å². The lowest BCUT2D eigenvalue weighted by molar-refractivity contribution is 0.0312. The highest BCUT2D eigenvalue weighted by Gasteiger charge is 2.35. The Morgan fingerprint density at radius 2 is 1.36 bits per heavy atom. The van der Waals surface area contributed by atoms with Gasteiger partial charge in [0.25, 0.3) is 0 Å². The maximum Gasteiger partial charge on any atom is 0.162 e. The fourth-order valence-electron chi connectivity index (χ4n) is 5.91. The first-order chi connectivity index (χ1) is 13.5. The Morgan fingerprint density at radius 1 is 0.750 bits per heavy atom. The molecule has 1 aromatic rings. The van der Waals surface area contributed by atoms with Gasteiger partial charge in [-0.1, -0.05) is 12.1 Å². The van der Waals surface area contributed by atoms with Gasteiger partial charge >= 0.3 is 0 Å². The first kappa shape index (κ1) is 19.9. The summed E-state index contributed by atoms with van der Waals surface area (Å²) >= 11 is 0. The minimum absolute atomic E-state index is 0.188. The average Bonchev–Trinajstić information content (AvgIpc) is 2.73. The van der Waals surface area contributed by atoms with Crippen molar-refractivity contribution in [1.29, 1.82) is 0 Å². The fourth-order valence-corrected chi connectivity index (χ4v) is 5.91. The predicted octanol–water partition coefficient (Wildman–Crippen LogP) is 7.44. The van der Waals surface area contributed by atoms with Gasteiger partial charge in [-0.2, -0.15) is 0 Å². The van der Waals surface area contributed by atoms with Crippen molar-refractivity contribution in [2.45, 2.75) is 90.1 Å². The highest BCUT2D eigenvalue weighted by Crippen LogP contribution is 2.45. The second kappa shape index (κ2) is 8.55. The van der Waals surface area contributed by atoms with E-state index in [4.69, 9.17) is 4.74 Å². The van der Waals surface area contributed by atoms with Crippen LogP contribution in [0.1, 0.15) is 88.2 Å². The van der Waals surface area contributed by atoms with Gasteiger partial charge in [-0.3, -0.25) is 0 Å². The zero-order valence-electron chi connectivity index (χ0n) is 17.4. The van der Waals surface area contributed by atoms with E-state index >= 15 is 0 Å². The molecule has 0 aromatic heterocycles. The van der Waals surface area contributed by atoms with Crippen molar-refractivity contribution in [3.05, 3.63) is 46.7 Å². The van der Waals surface area contributed by atoms with Gasteiger partial charge in [0.2, 0.25) is 0 Å². The van der Waals surface area contributed by atoms with Crippen LogP contribution in [-0.2, 0) is 4.74 Å². The summed E-state index contributed by atoms with van der Waals surface area (Å²) in [5.41, 5.74) is 2.37. The SMILES string of the molecule is CC1=COC(C2CCC(C3CCC(c4ccc(C)c(F)c4F)CC3)CC2)CC1. The van der Waals surface area contributed by atoms with E-state index in [1.165, 1.54) is 44.1 Å². The Kier molecular flexibility index (Phi) is 6.08. The number of benzene rings is 1. The second-order valence-corrected chi connectivity index (χ2v) is 9.56. The molecule has 2 aliphatic carbocycles. The van der Waals surface area contributed by atoms with Gasteiger partial charge in [0.15, 0.2) is 11.6 Å². The molecule has 1 aromatic carbocycles. The van der Waals surface area contributed by atoms with Crippen molar-refractivity contribution < 1.29 is 13.5 Å². The third-order valence-corrected chi connectivity index (χ3v) is 7.79. The van der Waals surface area contributed by atoms with Crippen molar-refractivity contribution in [2.24, 2.45) is 17.8 Å². The standard InChI is InChI=1S/C25H34F2O/c1-16-3-14-23(28-15-16)21-11-7-19(8-12-21)18-5-9-20(10-6-18)22-13-4-17(2)24(26)25(22)27/h4,13,15,18-21,23H,3,5-12,14H2,1-2H3. The highest BCUT2D eigenvalue weighted by molar-refractivity contribution is 5.28. The van der Waals surface area contributed by atoms with Crippen LogP contribution in [0.3, 0.4) is 0 Å². The lowest BCUT2D eigenvalue weighted by Gasteiger charge is -2.40. The maximum absolute atomic E-state index is 14.4. The summed E-state index contributed by atoms with van der Waals surface area (Å²) in [6.45, 7) is 3.78. The first-order valence-electron chi connectivity index (χ1n) is 11.3. The summed E-state index contributed by atoms with van der Waals surface area (Å²) < 4.78 is 34.3. The van der Waals surface area contributed by atoms with E-state index < -0.39 is 11.6 Å². The number of hydrogen-bond acceptors (Lipinski definition) is 1. The summed E-state index contributed by atoms with van der Waals surface area (Å²) in [6.07, 6.45) is 14.3. The Labute approximate surface area is 168 Å². The van der Waals surface area contributed by atoms with Crippen LogP contribution in [0.4, 0.5) is 8.78 Å². The van der Waals surface area contributed by atoms with Gasteiger partial charge in [-0.05, 0) is 118 Å². The lowest BCUT2D eigenvalue weighted by atomic mass is 9.67. The normalized spacial score (nSPS) is 33.9. The lowest BCUT2D eigenvalue weighted by Crippen LogP contribution is -2.31. The van der Waals surface area contributed by atoms with Gasteiger partial charge in [-0.25, -0.2) is 8.78 Å². The van der Waals surface area contributed by atoms with Crippen LogP contribution < -0.4 is 0 Å². The second-order valence-electron chi connectivity index (χ2n) is 9.56. The molecule has 1 atom stereocenters. The Hall–Kier alpha value is -1.38. The number of hydrogen-bond donors (Lipinski definition) is 0. The molecule has 3 heteroatoms. The van der Waals surface area contributed by atoms with E-state index in [2.05, 4.69) is 6.92 Å². The zero-order valence-corrected chi connectivity index (χ0v) is 17.4. The Bertz CT molecular complexity index is 710. The number of halogens is 2. The third-order valence-electron chi connectivity index (χ3n) is 7.79. The molecule has 1 aliphatic heterocycles. The molecular formula is C25H34F2O. The zero-order chi connectivity index (χ0) is 19.7. The molecule has 1 heterocycles. The molecule has 1 nitrogen and oxygen atoms in total. The van der Waals surface area contributed by atoms with Gasteiger partial charge in [0.05, 0.1) is 6.26 Å². The van der Waals surface area contributed by atoms with Crippen molar-refractivity contribution >= 4 is 0 Å². The van der Waals surface area contributed by atoms with Gasteiger partial charge in [-0.15, -0.1) is 0 Å². The summed E-state index contributed by atoms with van der Waals surface area (Å²) in [7, 11) is 0. The minimum atomic E-state index is -0.659. The molecule has 154 valence electrons. The monoisotopic (exact) mass is 388 g/mol. The van der Waals surface area contributed by atoms with Crippen LogP contribution in [0.25, 0.3) is 0 Å². The van der Waals surface area contributed by atoms with Crippen molar-refractivity contribution in [3.63, 3.8) is 0 Å². The molecule has 4 rings (SSSR count). The molecule has 0 saturated heterocycles. The summed E-state index contributed by atoms with van der Waals surface area (Å²) in [5.74, 6) is 1.23. The summed E-state index contributed by atoms with van der Waals surface area (Å²) in [5, 5.41) is 0. The topological polar surface area (TPSA) is 9.23 Å². The van der Waals surface area contributed by atoms with Crippen molar-refractivity contribution in [2.75, 3.05) is 0 Å². The average molecular weight is 389 g/mol. The van der Waals surface area contributed by atoms with Gasteiger partial charge in [0.1, 0.15) is 6.10 Å². The molecule has 0 spiro atoms. The van der Waals surface area contributed by atoms with Gasteiger partial charge < -0.3 is 4.74 Å². The smallest absolute Gasteiger partial charge is 0.162 e. The minimum Gasteiger partial charge on any atom is -0.498 e. The molecule has 2 saturated carbocycles. The molecule has 0 amide bonds. The van der Waals surface area contributed by atoms with E-state index in [-0.39, 0.29) is 5.92 Å². The number of rotatable bonds is 3. The van der Waals surface area contributed by atoms with Crippen molar-refractivity contribution in [1.82, 2.24) is 0 Å². The van der Waals surface area contributed by atoms with Crippen LogP contribution in [-0.4, -0.2) is 6.10 Å². The molecule has 0 radical (unpaired) electrons. The number of allylic oxidation sites excluding steroid dienone is 1. The Balaban J connectivity index is 1.28. The molecule has 3 aliphatic rings. The molecular weight excluding hydrogens is 354 g/mol. The van der Waals surface area contributed by atoms with Crippen LogP contribution in [0.2, 0.25) is 0 Å². The largest absolute Gasteiger partial charge is 0.498 e. The molecule has 28 heavy (non-hydrogen) atoms. The van der Waals surface area contributed by atoms with Crippen molar-refractivity contribution in [3.8, 4) is 0 Å². The first-order valence-corrected chi connectivity index (χ1v) is 11.3. The number of ether oxygens (including phenoxy) is 1. The molecule has 2 fully saturated rings. The third kappa shape index (κ3) is 4.14. The van der Waals surface area contributed by atoms with Crippen LogP contribution in [0, 0.1) is 36.3 Å². The maximum atomic E-state index is 14.4. The summed E-state index contributed by atoms with van der Waals surface area (Å²) in [6, 6.07) is 3.54. The van der Waals surface area contributed by atoms with E-state index in [1.807, 2.05) is 12.3 Å². The van der Waals surface area contributed by atoms with E-state index in [9.17, 15) is 8.78 Å². The van der Waals surface area contributed by atoms with E-state index in [1.54, 1.807) is 13.0 Å². The van der Waals surface area contributed by atoms with E-state index in [0.29, 0.717) is 17.2 Å². The Morgan fingerprint density at radius 3 is 1.96 bits per heavy atom. The van der Waals surface area contributed by atoms with Gasteiger partial charge in [0, 0.05) is 0 Å². The molecule has 0 bridgehead atoms. The predicted molar refractivity (Wildman–Crippen MR) is 109 cm³/mol.